The summed E-state index contributed by atoms with van der Waals surface area (Å²) in [6.45, 7) is 0. The van der Waals surface area contributed by atoms with Crippen molar-refractivity contribution in [3.05, 3.63) is 29.3 Å². The summed E-state index contributed by atoms with van der Waals surface area (Å²) in [5.74, 6) is -0.589. The molecule has 2 aliphatic rings. The largest absolute Gasteiger partial charge is 0.481 e. The lowest BCUT2D eigenvalue weighted by Gasteiger charge is -2.29. The number of carboxylic acids is 1. The van der Waals surface area contributed by atoms with Crippen molar-refractivity contribution in [2.75, 3.05) is 11.9 Å². The number of benzene rings is 1. The van der Waals surface area contributed by atoms with E-state index in [4.69, 9.17) is 0 Å². The molecule has 1 N–H and O–H groups in total. The van der Waals surface area contributed by atoms with Crippen molar-refractivity contribution in [3.63, 3.8) is 0 Å². The summed E-state index contributed by atoms with van der Waals surface area (Å²) in [5.41, 5.74) is 2.21. The average molecular weight is 273 g/mol. The highest BCUT2D eigenvalue weighted by atomic mass is 16.4. The second-order valence-electron chi connectivity index (χ2n) is 5.89. The fourth-order valence-electron chi connectivity index (χ4n) is 3.56. The molecule has 1 aliphatic heterocycles. The smallest absolute Gasteiger partial charge is 0.314 e. The number of rotatable bonds is 2. The van der Waals surface area contributed by atoms with E-state index < -0.39 is 11.4 Å². The number of carbonyl (C=O) groups excluding carboxylic acids is 1. The van der Waals surface area contributed by atoms with Crippen LogP contribution in [0, 0.1) is 0 Å². The number of anilines is 1. The van der Waals surface area contributed by atoms with Crippen molar-refractivity contribution in [1.29, 1.82) is 0 Å². The quantitative estimate of drug-likeness (QED) is 0.900. The molecule has 20 heavy (non-hydrogen) atoms. The lowest BCUT2D eigenvalue weighted by molar-refractivity contribution is -0.143. The number of hydrogen-bond acceptors (Lipinski definition) is 2. The van der Waals surface area contributed by atoms with Crippen LogP contribution < -0.4 is 4.90 Å². The van der Waals surface area contributed by atoms with Crippen LogP contribution in [0.1, 0.15) is 43.2 Å². The van der Waals surface area contributed by atoms with E-state index in [0.29, 0.717) is 12.8 Å². The van der Waals surface area contributed by atoms with E-state index in [-0.39, 0.29) is 5.91 Å². The van der Waals surface area contributed by atoms with Gasteiger partial charge in [0.15, 0.2) is 0 Å². The number of aliphatic carboxylic acids is 1. The van der Waals surface area contributed by atoms with Crippen molar-refractivity contribution in [1.82, 2.24) is 0 Å². The molecule has 1 aliphatic carbocycles. The number of carbonyl (C=O) groups is 2. The van der Waals surface area contributed by atoms with Crippen LogP contribution in [0.3, 0.4) is 0 Å². The lowest BCUT2D eigenvalue weighted by Crippen LogP contribution is -2.34. The molecule has 1 heterocycles. The molecule has 0 aromatic heterocycles. The molecule has 3 rings (SSSR count). The summed E-state index contributed by atoms with van der Waals surface area (Å²) in [6.07, 6.45) is 4.60. The van der Waals surface area contributed by atoms with Crippen molar-refractivity contribution < 1.29 is 14.7 Å². The van der Waals surface area contributed by atoms with Crippen LogP contribution in [-0.2, 0) is 21.4 Å². The molecular formula is C16H19NO3. The number of aryl methyl sites for hydroxylation is 1. The Morgan fingerprint density at radius 2 is 1.95 bits per heavy atom. The molecule has 0 saturated heterocycles. The van der Waals surface area contributed by atoms with Gasteiger partial charge < -0.3 is 10.0 Å². The average Bonchev–Trinajstić information content (AvgIpc) is 2.93. The molecular weight excluding hydrogens is 254 g/mol. The maximum atomic E-state index is 11.7. The van der Waals surface area contributed by atoms with Gasteiger partial charge in [0.05, 0.1) is 5.41 Å². The van der Waals surface area contributed by atoms with Gasteiger partial charge in [0.2, 0.25) is 5.91 Å². The van der Waals surface area contributed by atoms with Gasteiger partial charge in [-0.3, -0.25) is 9.59 Å². The molecule has 0 bridgehead atoms. The van der Waals surface area contributed by atoms with E-state index >= 15 is 0 Å². The van der Waals surface area contributed by atoms with Gasteiger partial charge in [0.1, 0.15) is 0 Å². The zero-order valence-corrected chi connectivity index (χ0v) is 11.7. The van der Waals surface area contributed by atoms with Gasteiger partial charge in [0, 0.05) is 19.2 Å². The molecule has 0 spiro atoms. The summed E-state index contributed by atoms with van der Waals surface area (Å²) < 4.78 is 0. The molecule has 0 unspecified atom stereocenters. The van der Waals surface area contributed by atoms with Crippen LogP contribution in [0.25, 0.3) is 0 Å². The first-order valence-corrected chi connectivity index (χ1v) is 7.18. The van der Waals surface area contributed by atoms with E-state index in [1.165, 1.54) is 0 Å². The van der Waals surface area contributed by atoms with Gasteiger partial charge in [-0.15, -0.1) is 0 Å². The van der Waals surface area contributed by atoms with E-state index in [9.17, 15) is 14.7 Å². The van der Waals surface area contributed by atoms with Crippen LogP contribution in [0.15, 0.2) is 18.2 Å². The SMILES string of the molecule is CN1C(=O)CCc2cc(C3(C(=O)O)CCCC3)ccc21. The van der Waals surface area contributed by atoms with E-state index in [2.05, 4.69) is 0 Å². The minimum Gasteiger partial charge on any atom is -0.481 e. The molecule has 1 fully saturated rings. The van der Waals surface area contributed by atoms with Crippen molar-refractivity contribution in [2.24, 2.45) is 0 Å². The fourth-order valence-corrected chi connectivity index (χ4v) is 3.56. The predicted molar refractivity (Wildman–Crippen MR) is 76.0 cm³/mol. The highest BCUT2D eigenvalue weighted by Gasteiger charge is 2.43. The van der Waals surface area contributed by atoms with Crippen LogP contribution in [0.4, 0.5) is 5.69 Å². The van der Waals surface area contributed by atoms with E-state index in [0.717, 1.165) is 42.5 Å². The molecule has 1 amide bonds. The maximum absolute atomic E-state index is 11.7. The van der Waals surface area contributed by atoms with Gasteiger partial charge in [-0.2, -0.15) is 0 Å². The maximum Gasteiger partial charge on any atom is 0.314 e. The third-order valence-electron chi connectivity index (χ3n) is 4.84. The normalized spacial score (nSPS) is 20.9. The Morgan fingerprint density at radius 1 is 1.25 bits per heavy atom. The first-order chi connectivity index (χ1) is 9.54. The van der Waals surface area contributed by atoms with Crippen LogP contribution >= 0.6 is 0 Å². The van der Waals surface area contributed by atoms with Gasteiger partial charge in [-0.05, 0) is 36.5 Å². The minimum absolute atomic E-state index is 0.124. The summed E-state index contributed by atoms with van der Waals surface area (Å²) in [6, 6.07) is 5.82. The molecule has 1 saturated carbocycles. The third-order valence-corrected chi connectivity index (χ3v) is 4.84. The third kappa shape index (κ3) is 1.82. The van der Waals surface area contributed by atoms with Crippen LogP contribution in [0.5, 0.6) is 0 Å². The summed E-state index contributed by atoms with van der Waals surface area (Å²) in [7, 11) is 1.78. The first kappa shape index (κ1) is 13.2. The molecule has 106 valence electrons. The standard InChI is InChI=1S/C16H19NO3/c1-17-13-6-5-12(10-11(13)4-7-14(17)18)16(15(19)20)8-2-3-9-16/h5-6,10H,2-4,7-9H2,1H3,(H,19,20). The number of fused-ring (bicyclic) bond motifs is 1. The van der Waals surface area contributed by atoms with Gasteiger partial charge >= 0.3 is 5.97 Å². The topological polar surface area (TPSA) is 57.6 Å². The van der Waals surface area contributed by atoms with Gasteiger partial charge in [0.25, 0.3) is 0 Å². The molecule has 4 nitrogen and oxygen atoms in total. The number of hydrogen-bond donors (Lipinski definition) is 1. The molecule has 4 heteroatoms. The van der Waals surface area contributed by atoms with E-state index in [1.54, 1.807) is 11.9 Å². The van der Waals surface area contributed by atoms with E-state index in [1.807, 2.05) is 18.2 Å². The minimum atomic E-state index is -0.713. The molecule has 0 atom stereocenters. The van der Waals surface area contributed by atoms with Crippen molar-refractivity contribution in [2.45, 2.75) is 43.9 Å². The predicted octanol–water partition coefficient (Wildman–Crippen LogP) is 2.49. The summed E-state index contributed by atoms with van der Waals surface area (Å²) >= 11 is 0. The highest BCUT2D eigenvalue weighted by Crippen LogP contribution is 2.43. The molecule has 1 aromatic rings. The van der Waals surface area contributed by atoms with Crippen molar-refractivity contribution in [3.8, 4) is 0 Å². The summed E-state index contributed by atoms with van der Waals surface area (Å²) in [5, 5.41) is 9.65. The number of nitrogens with zero attached hydrogens (tertiary/aromatic N) is 1. The Morgan fingerprint density at radius 3 is 2.60 bits per heavy atom. The zero-order chi connectivity index (χ0) is 14.3. The Hall–Kier alpha value is -1.84. The molecule has 1 aromatic carbocycles. The second kappa shape index (κ2) is 4.62. The Kier molecular flexibility index (Phi) is 3.04. The van der Waals surface area contributed by atoms with Crippen LogP contribution in [-0.4, -0.2) is 24.0 Å². The van der Waals surface area contributed by atoms with Gasteiger partial charge in [-0.1, -0.05) is 25.0 Å². The Balaban J connectivity index is 2.04. The number of carboxylic acid groups (broad SMARTS) is 1. The first-order valence-electron chi connectivity index (χ1n) is 7.18. The monoisotopic (exact) mass is 273 g/mol. The Labute approximate surface area is 118 Å². The highest BCUT2D eigenvalue weighted by molar-refractivity contribution is 5.96. The van der Waals surface area contributed by atoms with Gasteiger partial charge in [-0.25, -0.2) is 0 Å². The lowest BCUT2D eigenvalue weighted by atomic mass is 9.77. The van der Waals surface area contributed by atoms with Crippen molar-refractivity contribution >= 4 is 17.6 Å². The number of amides is 1. The zero-order valence-electron chi connectivity index (χ0n) is 11.7. The van der Waals surface area contributed by atoms with Crippen LogP contribution in [0.2, 0.25) is 0 Å². The molecule has 0 radical (unpaired) electrons. The second-order valence-corrected chi connectivity index (χ2v) is 5.89. The summed E-state index contributed by atoms with van der Waals surface area (Å²) in [4.78, 5) is 25.1. The Bertz CT molecular complexity index is 573. The fraction of sp³-hybridized carbons (Fsp3) is 0.500.